The molecule has 3 aromatic rings. The quantitative estimate of drug-likeness (QED) is 0.348. The number of fused-ring (bicyclic) bond motifs is 1. The minimum Gasteiger partial charge on any atom is -0.491 e. The number of hydrogen-bond acceptors (Lipinski definition) is 6. The maximum absolute atomic E-state index is 11.9. The van der Waals surface area contributed by atoms with E-state index in [0.717, 1.165) is 16.7 Å². The monoisotopic (exact) mass is 424 g/mol. The molecule has 0 atom stereocenters. The largest absolute Gasteiger partial charge is 0.491 e. The maximum Gasteiger partial charge on any atom is 0.220 e. The summed E-state index contributed by atoms with van der Waals surface area (Å²) in [5, 5.41) is 5.65. The van der Waals surface area contributed by atoms with Gasteiger partial charge in [0.25, 0.3) is 0 Å². The first-order valence-corrected chi connectivity index (χ1v) is 10.8. The average Bonchev–Trinajstić information content (AvgIpc) is 3.31. The molecule has 0 unspecified atom stereocenters. The molecular formula is C23H24N2O4S. The van der Waals surface area contributed by atoms with Gasteiger partial charge in [-0.05, 0) is 30.0 Å². The molecule has 0 aliphatic rings. The second-order valence-electron chi connectivity index (χ2n) is 6.82. The van der Waals surface area contributed by atoms with Crippen molar-refractivity contribution in [1.29, 1.82) is 0 Å². The summed E-state index contributed by atoms with van der Waals surface area (Å²) in [7, 11) is 0. The molecular weight excluding hydrogens is 400 g/mol. The average molecular weight is 425 g/mol. The summed E-state index contributed by atoms with van der Waals surface area (Å²) in [5.41, 5.74) is 0.820. The molecule has 1 aromatic carbocycles. The van der Waals surface area contributed by atoms with E-state index in [1.807, 2.05) is 41.8 Å². The van der Waals surface area contributed by atoms with Gasteiger partial charge in [-0.2, -0.15) is 0 Å². The van der Waals surface area contributed by atoms with Crippen LogP contribution in [0, 0.1) is 0 Å². The van der Waals surface area contributed by atoms with Gasteiger partial charge >= 0.3 is 0 Å². The molecule has 6 nitrogen and oxygen atoms in total. The van der Waals surface area contributed by atoms with E-state index in [1.165, 1.54) is 11.3 Å². The maximum atomic E-state index is 11.9. The predicted octanol–water partition coefficient (Wildman–Crippen LogP) is 4.19. The summed E-state index contributed by atoms with van der Waals surface area (Å²) >= 11 is 1.37. The highest BCUT2D eigenvalue weighted by Gasteiger charge is 2.11. The fraction of sp³-hybridized carbons (Fsp3) is 0.304. The number of ether oxygens (including phenoxy) is 1. The lowest BCUT2D eigenvalue weighted by Crippen LogP contribution is -2.26. The minimum absolute atomic E-state index is 0.0239. The lowest BCUT2D eigenvalue weighted by Gasteiger charge is -2.09. The van der Waals surface area contributed by atoms with Gasteiger partial charge in [0.15, 0.2) is 5.78 Å². The minimum atomic E-state index is -0.167. The van der Waals surface area contributed by atoms with Gasteiger partial charge in [0.05, 0.1) is 11.5 Å². The molecule has 156 valence electrons. The number of benzene rings is 1. The van der Waals surface area contributed by atoms with Crippen LogP contribution in [0.15, 0.2) is 54.0 Å². The molecule has 0 aliphatic heterocycles. The predicted molar refractivity (Wildman–Crippen MR) is 117 cm³/mol. The van der Waals surface area contributed by atoms with Crippen LogP contribution in [0.1, 0.15) is 41.8 Å². The topological polar surface area (TPSA) is 85.4 Å². The Balaban J connectivity index is 1.27. The number of carbonyl (C=O) groups is 3. The van der Waals surface area contributed by atoms with E-state index in [2.05, 4.69) is 10.3 Å². The van der Waals surface area contributed by atoms with E-state index in [9.17, 15) is 14.4 Å². The Morgan fingerprint density at radius 3 is 2.63 bits per heavy atom. The van der Waals surface area contributed by atoms with E-state index in [0.29, 0.717) is 24.4 Å². The number of amides is 1. The smallest absolute Gasteiger partial charge is 0.220 e. The molecule has 0 aliphatic carbocycles. The Morgan fingerprint density at radius 1 is 0.967 bits per heavy atom. The van der Waals surface area contributed by atoms with E-state index in [-0.39, 0.29) is 43.2 Å². The zero-order valence-corrected chi connectivity index (χ0v) is 17.5. The summed E-state index contributed by atoms with van der Waals surface area (Å²) in [5.74, 6) is 0.466. The summed E-state index contributed by atoms with van der Waals surface area (Å²) in [6, 6.07) is 13.2. The van der Waals surface area contributed by atoms with E-state index in [4.69, 9.17) is 4.74 Å². The van der Waals surface area contributed by atoms with Crippen LogP contribution in [0.5, 0.6) is 5.75 Å². The molecule has 3 rings (SSSR count). The summed E-state index contributed by atoms with van der Waals surface area (Å²) in [6.45, 7) is 0.932. The van der Waals surface area contributed by atoms with Crippen molar-refractivity contribution in [3.05, 3.63) is 58.9 Å². The van der Waals surface area contributed by atoms with Crippen molar-refractivity contribution in [2.24, 2.45) is 0 Å². The van der Waals surface area contributed by atoms with Gasteiger partial charge < -0.3 is 10.1 Å². The second kappa shape index (κ2) is 11.2. The number of hydrogen-bond donors (Lipinski definition) is 1. The fourth-order valence-electron chi connectivity index (χ4n) is 2.95. The van der Waals surface area contributed by atoms with Gasteiger partial charge in [-0.3, -0.25) is 19.4 Å². The SMILES string of the molecule is O=C(CCC(=O)NCCCOc1cccc2cccnc12)CCC(=O)c1cccs1. The second-order valence-corrected chi connectivity index (χ2v) is 7.77. The Bertz CT molecular complexity index is 996. The van der Waals surface area contributed by atoms with Crippen LogP contribution in [0.25, 0.3) is 10.9 Å². The molecule has 0 spiro atoms. The van der Waals surface area contributed by atoms with Crippen LogP contribution in [0.4, 0.5) is 0 Å². The fourth-order valence-corrected chi connectivity index (χ4v) is 3.65. The van der Waals surface area contributed by atoms with Crippen LogP contribution < -0.4 is 10.1 Å². The van der Waals surface area contributed by atoms with Crippen molar-refractivity contribution in [3.63, 3.8) is 0 Å². The number of ketones is 2. The highest BCUT2D eigenvalue weighted by molar-refractivity contribution is 7.12. The number of carbonyl (C=O) groups excluding carboxylic acids is 3. The highest BCUT2D eigenvalue weighted by Crippen LogP contribution is 2.22. The first kappa shape index (κ1) is 21.6. The zero-order valence-electron chi connectivity index (χ0n) is 16.6. The molecule has 0 saturated carbocycles. The number of aromatic nitrogens is 1. The third-order valence-corrected chi connectivity index (χ3v) is 5.47. The molecule has 7 heteroatoms. The van der Waals surface area contributed by atoms with Crippen LogP contribution in [-0.4, -0.2) is 35.6 Å². The van der Waals surface area contributed by atoms with Crippen molar-refractivity contribution in [1.82, 2.24) is 10.3 Å². The number of thiophene rings is 1. The molecule has 0 saturated heterocycles. The summed E-state index contributed by atoms with van der Waals surface area (Å²) in [6.07, 6.45) is 3.05. The van der Waals surface area contributed by atoms with Crippen LogP contribution in [0.3, 0.4) is 0 Å². The molecule has 0 bridgehead atoms. The number of para-hydroxylation sites is 1. The summed E-state index contributed by atoms with van der Waals surface area (Å²) in [4.78, 5) is 40.7. The molecule has 1 amide bonds. The van der Waals surface area contributed by atoms with Crippen molar-refractivity contribution >= 4 is 39.7 Å². The molecule has 0 fully saturated rings. The molecule has 2 heterocycles. The Kier molecular flexibility index (Phi) is 8.09. The van der Waals surface area contributed by atoms with Crippen LogP contribution in [-0.2, 0) is 9.59 Å². The van der Waals surface area contributed by atoms with Gasteiger partial charge in [-0.25, -0.2) is 0 Å². The van der Waals surface area contributed by atoms with Gasteiger partial charge in [0.2, 0.25) is 5.91 Å². The number of rotatable bonds is 12. The number of Topliss-reactive ketones (excluding diaryl/α,β-unsaturated/α-hetero) is 2. The van der Waals surface area contributed by atoms with E-state index < -0.39 is 0 Å². The highest BCUT2D eigenvalue weighted by atomic mass is 32.1. The number of nitrogens with one attached hydrogen (secondary N) is 1. The van der Waals surface area contributed by atoms with Gasteiger partial charge in [-0.1, -0.05) is 24.3 Å². The van der Waals surface area contributed by atoms with Crippen molar-refractivity contribution in [3.8, 4) is 5.75 Å². The molecule has 2 aromatic heterocycles. The first-order chi connectivity index (χ1) is 14.6. The van der Waals surface area contributed by atoms with Crippen LogP contribution in [0.2, 0.25) is 0 Å². The lowest BCUT2D eigenvalue weighted by molar-refractivity contribution is -0.125. The Labute approximate surface area is 179 Å². The number of nitrogens with zero attached hydrogens (tertiary/aromatic N) is 1. The van der Waals surface area contributed by atoms with Crippen LogP contribution >= 0.6 is 11.3 Å². The molecule has 0 radical (unpaired) electrons. The Hall–Kier alpha value is -3.06. The summed E-state index contributed by atoms with van der Waals surface area (Å²) < 4.78 is 5.79. The molecule has 1 N–H and O–H groups in total. The van der Waals surface area contributed by atoms with E-state index in [1.54, 1.807) is 12.3 Å². The number of pyridine rings is 1. The van der Waals surface area contributed by atoms with Gasteiger partial charge in [0.1, 0.15) is 17.0 Å². The van der Waals surface area contributed by atoms with Gasteiger partial charge in [0, 0.05) is 43.8 Å². The van der Waals surface area contributed by atoms with Crippen molar-refractivity contribution in [2.45, 2.75) is 32.1 Å². The standard InChI is InChI=1S/C23H24N2O4S/c26-18(9-11-19(27)21-8-3-16-30-21)10-12-22(28)24-14-4-15-29-20-7-1-5-17-6-2-13-25-23(17)20/h1-3,5-8,13,16H,4,9-12,14-15H2,(H,24,28). The lowest BCUT2D eigenvalue weighted by atomic mass is 10.1. The van der Waals surface area contributed by atoms with Gasteiger partial charge in [-0.15, -0.1) is 11.3 Å². The van der Waals surface area contributed by atoms with Crippen molar-refractivity contribution < 1.29 is 19.1 Å². The Morgan fingerprint density at radius 2 is 1.80 bits per heavy atom. The first-order valence-electron chi connectivity index (χ1n) is 9.95. The van der Waals surface area contributed by atoms with E-state index >= 15 is 0 Å². The van der Waals surface area contributed by atoms with Crippen molar-refractivity contribution in [2.75, 3.05) is 13.2 Å². The third kappa shape index (κ3) is 6.49. The normalized spacial score (nSPS) is 10.7. The third-order valence-electron chi connectivity index (χ3n) is 4.55. The zero-order chi connectivity index (χ0) is 21.2. The molecule has 30 heavy (non-hydrogen) atoms.